The van der Waals surface area contributed by atoms with E-state index in [0.717, 1.165) is 5.56 Å². The molecule has 2 amide bonds. The summed E-state index contributed by atoms with van der Waals surface area (Å²) in [6.07, 6.45) is 0.843. The molecule has 1 atom stereocenters. The Bertz CT molecular complexity index is 945. The highest BCUT2D eigenvalue weighted by molar-refractivity contribution is 8.26. The normalized spacial score (nSPS) is 16.3. The topological polar surface area (TPSA) is 81.1 Å². The van der Waals surface area contributed by atoms with E-state index < -0.39 is 6.10 Å². The molecule has 1 aliphatic heterocycles. The van der Waals surface area contributed by atoms with Crippen molar-refractivity contribution < 1.29 is 19.8 Å². The highest BCUT2D eigenvalue weighted by Crippen LogP contribution is 2.32. The van der Waals surface area contributed by atoms with Gasteiger partial charge in [0, 0.05) is 7.05 Å². The predicted molar refractivity (Wildman–Crippen MR) is 117 cm³/mol. The third kappa shape index (κ3) is 5.23. The average Bonchev–Trinajstić information content (AvgIpc) is 2.96. The smallest absolute Gasteiger partial charge is 0.266 e. The summed E-state index contributed by atoms with van der Waals surface area (Å²) in [5.74, 6) is -0.534. The standard InChI is InChI=1S/C21H20N2O4S2/c1-22(12-17(25)15-7-9-16(24)10-8-15)19(26)13-23-20(27)18(29-21(23)28)11-14-5-3-2-4-6-14/h2-11,17,24-25H,12-13H2,1H3/b18-11+/t17-/m1/s1. The lowest BCUT2D eigenvalue weighted by Gasteiger charge is -2.23. The SMILES string of the molecule is CN(C[C@@H](O)c1ccc(O)cc1)C(=O)CN1C(=O)/C(=C\c2ccccc2)SC1=S. The van der Waals surface area contributed by atoms with Crippen LogP contribution < -0.4 is 0 Å². The number of rotatable bonds is 6. The van der Waals surface area contributed by atoms with Gasteiger partial charge in [-0.2, -0.15) is 0 Å². The Balaban J connectivity index is 1.62. The van der Waals surface area contributed by atoms with Gasteiger partial charge in [0.1, 0.15) is 16.6 Å². The van der Waals surface area contributed by atoms with E-state index in [4.69, 9.17) is 12.2 Å². The highest BCUT2D eigenvalue weighted by atomic mass is 32.2. The molecule has 1 fully saturated rings. The van der Waals surface area contributed by atoms with Crippen LogP contribution >= 0.6 is 24.0 Å². The number of aromatic hydroxyl groups is 1. The monoisotopic (exact) mass is 428 g/mol. The second-order valence-corrected chi connectivity index (χ2v) is 8.24. The van der Waals surface area contributed by atoms with Gasteiger partial charge in [0.25, 0.3) is 5.91 Å². The summed E-state index contributed by atoms with van der Waals surface area (Å²) >= 11 is 6.44. The Morgan fingerprint density at radius 1 is 1.21 bits per heavy atom. The fourth-order valence-electron chi connectivity index (χ4n) is 2.76. The molecule has 0 unspecified atom stereocenters. The number of likely N-dealkylation sites (N-methyl/N-ethyl adjacent to an activating group) is 1. The Kier molecular flexibility index (Phi) is 6.68. The Morgan fingerprint density at radius 2 is 1.86 bits per heavy atom. The maximum atomic E-state index is 12.7. The highest BCUT2D eigenvalue weighted by Gasteiger charge is 2.34. The van der Waals surface area contributed by atoms with Gasteiger partial charge in [0.2, 0.25) is 5.91 Å². The van der Waals surface area contributed by atoms with Crippen LogP contribution in [0.25, 0.3) is 6.08 Å². The second-order valence-electron chi connectivity index (χ2n) is 6.56. The quantitative estimate of drug-likeness (QED) is 0.544. The van der Waals surface area contributed by atoms with E-state index in [0.29, 0.717) is 14.8 Å². The van der Waals surface area contributed by atoms with E-state index in [9.17, 15) is 19.8 Å². The van der Waals surface area contributed by atoms with Gasteiger partial charge >= 0.3 is 0 Å². The zero-order valence-electron chi connectivity index (χ0n) is 15.7. The molecule has 6 nitrogen and oxygen atoms in total. The van der Waals surface area contributed by atoms with Crippen LogP contribution in [0.15, 0.2) is 59.5 Å². The molecule has 2 aromatic carbocycles. The Morgan fingerprint density at radius 3 is 2.52 bits per heavy atom. The van der Waals surface area contributed by atoms with E-state index in [1.54, 1.807) is 25.3 Å². The number of phenolic OH excluding ortho intramolecular Hbond substituents is 1. The van der Waals surface area contributed by atoms with Crippen molar-refractivity contribution in [3.8, 4) is 5.75 Å². The zero-order valence-corrected chi connectivity index (χ0v) is 17.3. The van der Waals surface area contributed by atoms with Gasteiger partial charge in [-0.25, -0.2) is 0 Å². The molecular formula is C21H20N2O4S2. The van der Waals surface area contributed by atoms with Crippen LogP contribution in [-0.4, -0.2) is 56.3 Å². The minimum Gasteiger partial charge on any atom is -0.508 e. The van der Waals surface area contributed by atoms with Gasteiger partial charge in [0.15, 0.2) is 0 Å². The van der Waals surface area contributed by atoms with E-state index in [2.05, 4.69) is 0 Å². The summed E-state index contributed by atoms with van der Waals surface area (Å²) in [4.78, 5) is 28.3. The number of thioether (sulfide) groups is 1. The van der Waals surface area contributed by atoms with Crippen LogP contribution in [0.2, 0.25) is 0 Å². The second kappa shape index (κ2) is 9.21. The number of amides is 2. The van der Waals surface area contributed by atoms with Crippen molar-refractivity contribution in [3.63, 3.8) is 0 Å². The third-order valence-corrected chi connectivity index (χ3v) is 5.79. The van der Waals surface area contributed by atoms with Crippen molar-refractivity contribution in [3.05, 3.63) is 70.6 Å². The molecule has 29 heavy (non-hydrogen) atoms. The fraction of sp³-hybridized carbons (Fsp3) is 0.190. The van der Waals surface area contributed by atoms with E-state index >= 15 is 0 Å². The van der Waals surface area contributed by atoms with E-state index in [1.807, 2.05) is 30.3 Å². The number of carbonyl (C=O) groups is 2. The number of aliphatic hydroxyl groups is 1. The van der Waals surface area contributed by atoms with Gasteiger partial charge in [-0.05, 0) is 29.3 Å². The lowest BCUT2D eigenvalue weighted by atomic mass is 10.1. The minimum absolute atomic E-state index is 0.0538. The molecule has 8 heteroatoms. The van der Waals surface area contributed by atoms with Crippen molar-refractivity contribution in [2.45, 2.75) is 6.10 Å². The lowest BCUT2D eigenvalue weighted by molar-refractivity contribution is -0.135. The van der Waals surface area contributed by atoms with Crippen LogP contribution in [0.1, 0.15) is 17.2 Å². The van der Waals surface area contributed by atoms with Crippen molar-refractivity contribution >= 4 is 46.2 Å². The van der Waals surface area contributed by atoms with Crippen LogP contribution in [0, 0.1) is 0 Å². The van der Waals surface area contributed by atoms with Gasteiger partial charge in [-0.1, -0.05) is 66.4 Å². The number of thiocarbonyl (C=S) groups is 1. The molecule has 0 spiro atoms. The number of hydrogen-bond acceptors (Lipinski definition) is 6. The van der Waals surface area contributed by atoms with Gasteiger partial charge in [0.05, 0.1) is 17.6 Å². The van der Waals surface area contributed by atoms with Crippen molar-refractivity contribution in [2.24, 2.45) is 0 Å². The summed E-state index contributed by atoms with van der Waals surface area (Å²) < 4.78 is 0.331. The van der Waals surface area contributed by atoms with E-state index in [1.165, 1.54) is 33.7 Å². The first-order valence-corrected chi connectivity index (χ1v) is 10.1. The van der Waals surface area contributed by atoms with Crippen LogP contribution in [0.5, 0.6) is 5.75 Å². The number of nitrogens with zero attached hydrogens (tertiary/aromatic N) is 2. The van der Waals surface area contributed by atoms with Gasteiger partial charge in [-0.15, -0.1) is 0 Å². The molecule has 2 aromatic rings. The summed E-state index contributed by atoms with van der Waals surface area (Å²) in [5, 5.41) is 19.6. The summed E-state index contributed by atoms with van der Waals surface area (Å²) in [5.41, 5.74) is 1.47. The van der Waals surface area contributed by atoms with E-state index in [-0.39, 0.29) is 30.7 Å². The molecule has 0 bridgehead atoms. The molecule has 1 aliphatic rings. The first-order valence-electron chi connectivity index (χ1n) is 8.86. The third-order valence-electron chi connectivity index (χ3n) is 4.41. The molecule has 150 valence electrons. The average molecular weight is 429 g/mol. The first kappa shape index (κ1) is 21.0. The van der Waals surface area contributed by atoms with Crippen molar-refractivity contribution in [2.75, 3.05) is 20.1 Å². The molecule has 1 saturated heterocycles. The van der Waals surface area contributed by atoms with Crippen LogP contribution in [0.3, 0.4) is 0 Å². The molecule has 3 rings (SSSR count). The first-order chi connectivity index (χ1) is 13.8. The summed E-state index contributed by atoms with van der Waals surface area (Å²) in [6, 6.07) is 15.5. The Labute approximate surface area is 178 Å². The number of benzene rings is 2. The maximum absolute atomic E-state index is 12.7. The molecule has 1 heterocycles. The molecule has 2 N–H and O–H groups in total. The summed E-state index contributed by atoms with van der Waals surface area (Å²) in [6.45, 7) is -0.131. The number of hydrogen-bond donors (Lipinski definition) is 2. The van der Waals surface area contributed by atoms with Gasteiger partial charge < -0.3 is 15.1 Å². The Hall–Kier alpha value is -2.68. The number of phenols is 1. The van der Waals surface area contributed by atoms with Crippen molar-refractivity contribution in [1.29, 1.82) is 0 Å². The summed E-state index contributed by atoms with van der Waals surface area (Å²) in [7, 11) is 1.56. The molecular weight excluding hydrogens is 408 g/mol. The molecule has 0 aliphatic carbocycles. The van der Waals surface area contributed by atoms with Crippen molar-refractivity contribution in [1.82, 2.24) is 9.80 Å². The predicted octanol–water partition coefficient (Wildman–Crippen LogP) is 2.79. The maximum Gasteiger partial charge on any atom is 0.266 e. The number of aliphatic hydroxyl groups excluding tert-OH is 1. The lowest BCUT2D eigenvalue weighted by Crippen LogP contribution is -2.41. The number of carbonyl (C=O) groups excluding carboxylic acids is 2. The van der Waals surface area contributed by atoms with Crippen LogP contribution in [0.4, 0.5) is 0 Å². The molecule has 0 saturated carbocycles. The largest absolute Gasteiger partial charge is 0.508 e. The molecule has 0 aromatic heterocycles. The zero-order chi connectivity index (χ0) is 21.0. The molecule has 0 radical (unpaired) electrons. The van der Waals surface area contributed by atoms with Gasteiger partial charge in [-0.3, -0.25) is 14.5 Å². The minimum atomic E-state index is -0.909. The fourth-order valence-corrected chi connectivity index (χ4v) is 4.01. The van der Waals surface area contributed by atoms with Crippen LogP contribution in [-0.2, 0) is 9.59 Å².